The number of pyridine rings is 1. The minimum atomic E-state index is -1.11. The Kier molecular flexibility index (Phi) is 8.84. The number of fused-ring (bicyclic) bond motifs is 2. The maximum absolute atomic E-state index is 15.2. The van der Waals surface area contributed by atoms with Crippen molar-refractivity contribution in [2.24, 2.45) is 7.05 Å². The van der Waals surface area contributed by atoms with E-state index in [1.165, 1.54) is 17.7 Å². The highest BCUT2D eigenvalue weighted by Gasteiger charge is 2.26. The second-order valence-corrected chi connectivity index (χ2v) is 11.4. The van der Waals surface area contributed by atoms with Crippen molar-refractivity contribution >= 4 is 22.6 Å². The van der Waals surface area contributed by atoms with Crippen molar-refractivity contribution in [3.8, 4) is 16.9 Å². The van der Waals surface area contributed by atoms with Crippen LogP contribution in [0.1, 0.15) is 54.4 Å². The van der Waals surface area contributed by atoms with Crippen LogP contribution in [0.3, 0.4) is 0 Å². The first-order chi connectivity index (χ1) is 19.3. The summed E-state index contributed by atoms with van der Waals surface area (Å²) < 4.78 is 27.4. The molecule has 5 rings (SSSR count). The Labute approximate surface area is 238 Å². The topological polar surface area (TPSA) is 118 Å². The minimum absolute atomic E-state index is 0.202. The summed E-state index contributed by atoms with van der Waals surface area (Å²) in [5.41, 5.74) is 2.24. The first kappa shape index (κ1) is 30.2. The number of rotatable bonds is 4. The molecule has 1 fully saturated rings. The first-order valence-corrected chi connectivity index (χ1v) is 13.7. The molecule has 0 radical (unpaired) electrons. The van der Waals surface area contributed by atoms with E-state index >= 15 is 4.39 Å². The van der Waals surface area contributed by atoms with Crippen molar-refractivity contribution in [3.05, 3.63) is 62.8 Å². The molecule has 2 N–H and O–H groups in total. The average molecular weight is 569 g/mol. The van der Waals surface area contributed by atoms with Crippen molar-refractivity contribution in [1.82, 2.24) is 9.47 Å². The fourth-order valence-corrected chi connectivity index (χ4v) is 5.22. The van der Waals surface area contributed by atoms with Crippen LogP contribution in [-0.4, -0.2) is 70.1 Å². The van der Waals surface area contributed by atoms with Crippen LogP contribution >= 0.6 is 0 Å². The van der Waals surface area contributed by atoms with E-state index in [2.05, 4.69) is 0 Å². The van der Waals surface area contributed by atoms with E-state index in [4.69, 9.17) is 14.6 Å². The van der Waals surface area contributed by atoms with Crippen LogP contribution in [0.15, 0.2) is 29.1 Å². The van der Waals surface area contributed by atoms with Gasteiger partial charge in [0.25, 0.3) is 11.5 Å². The van der Waals surface area contributed by atoms with Crippen LogP contribution in [-0.2, 0) is 29.4 Å². The number of aromatic nitrogens is 1. The normalized spacial score (nSPS) is 15.0. The van der Waals surface area contributed by atoms with Gasteiger partial charge in [0.15, 0.2) is 11.6 Å². The van der Waals surface area contributed by atoms with Crippen LogP contribution < -0.4 is 10.3 Å². The number of benzene rings is 2. The second-order valence-electron chi connectivity index (χ2n) is 11.4. The SMILES string of the molecule is CC(C)(C)O.Cc1c(-c2c(CC(=O)O)n(C)c(=O)c3cc(C(=O)N4CCOCC4)ccc23)cc(F)c2c1CCCO2. The van der Waals surface area contributed by atoms with Crippen molar-refractivity contribution in [3.63, 3.8) is 0 Å². The lowest BCUT2D eigenvalue weighted by Crippen LogP contribution is -2.40. The van der Waals surface area contributed by atoms with Gasteiger partial charge in [-0.2, -0.15) is 0 Å². The number of amides is 1. The molecule has 41 heavy (non-hydrogen) atoms. The summed E-state index contributed by atoms with van der Waals surface area (Å²) in [5, 5.41) is 18.9. The van der Waals surface area contributed by atoms with E-state index in [1.54, 1.807) is 43.9 Å². The number of ether oxygens (including phenoxy) is 2. The third-order valence-corrected chi connectivity index (χ3v) is 7.09. The lowest BCUT2D eigenvalue weighted by atomic mass is 9.88. The summed E-state index contributed by atoms with van der Waals surface area (Å²) in [6.07, 6.45) is 0.974. The van der Waals surface area contributed by atoms with Gasteiger partial charge in [0.1, 0.15) is 0 Å². The van der Waals surface area contributed by atoms with E-state index < -0.39 is 29.4 Å². The predicted octanol–water partition coefficient (Wildman–Crippen LogP) is 3.85. The standard InChI is InChI=1S/C27H27FN2O6.C4H10O/c1-15-17-4-3-9-36-25(17)21(28)13-19(15)24-18-6-5-16(26(33)30-7-10-35-11-8-30)12-20(18)27(34)29(2)22(24)14-23(31)32;1-4(2,3)5/h5-6,12-13H,3-4,7-11,14H2,1-2H3,(H,31,32);5H,1-3H3. The number of carboxylic acid groups (broad SMARTS) is 1. The Morgan fingerprint density at radius 3 is 2.37 bits per heavy atom. The molecule has 2 aliphatic heterocycles. The van der Waals surface area contributed by atoms with Crippen LogP contribution in [0.4, 0.5) is 4.39 Å². The minimum Gasteiger partial charge on any atom is -0.490 e. The summed E-state index contributed by atoms with van der Waals surface area (Å²) >= 11 is 0. The zero-order chi connectivity index (χ0) is 30.1. The molecule has 0 aliphatic carbocycles. The molecule has 0 bridgehead atoms. The Hall–Kier alpha value is -3.76. The first-order valence-electron chi connectivity index (χ1n) is 13.7. The van der Waals surface area contributed by atoms with Crippen molar-refractivity contribution < 1.29 is 33.7 Å². The van der Waals surface area contributed by atoms with Gasteiger partial charge < -0.3 is 29.2 Å². The molecule has 9 nitrogen and oxygen atoms in total. The molecule has 1 amide bonds. The number of hydrogen-bond donors (Lipinski definition) is 2. The molecule has 0 atom stereocenters. The number of morpholine rings is 1. The molecule has 10 heteroatoms. The van der Waals surface area contributed by atoms with E-state index in [1.807, 2.05) is 6.92 Å². The number of aliphatic carboxylic acids is 1. The third-order valence-electron chi connectivity index (χ3n) is 7.09. The molecule has 3 aromatic rings. The summed E-state index contributed by atoms with van der Waals surface area (Å²) in [6.45, 7) is 9.37. The summed E-state index contributed by atoms with van der Waals surface area (Å²) in [6, 6.07) is 6.22. The average Bonchev–Trinajstić information content (AvgIpc) is 2.93. The van der Waals surface area contributed by atoms with Crippen LogP contribution in [0.2, 0.25) is 0 Å². The molecule has 2 aliphatic rings. The molecule has 1 saturated heterocycles. The fourth-order valence-electron chi connectivity index (χ4n) is 5.22. The molecule has 0 saturated carbocycles. The monoisotopic (exact) mass is 568 g/mol. The molecule has 0 unspecified atom stereocenters. The van der Waals surface area contributed by atoms with Gasteiger partial charge >= 0.3 is 5.97 Å². The number of halogens is 1. The highest BCUT2D eigenvalue weighted by atomic mass is 19.1. The van der Waals surface area contributed by atoms with Gasteiger partial charge in [-0.25, -0.2) is 4.39 Å². The van der Waals surface area contributed by atoms with E-state index in [-0.39, 0.29) is 22.7 Å². The predicted molar refractivity (Wildman–Crippen MR) is 153 cm³/mol. The Bertz CT molecular complexity index is 1540. The molecular weight excluding hydrogens is 531 g/mol. The van der Waals surface area contributed by atoms with Crippen LogP contribution in [0.5, 0.6) is 5.75 Å². The van der Waals surface area contributed by atoms with E-state index in [0.29, 0.717) is 61.4 Å². The largest absolute Gasteiger partial charge is 0.490 e. The Morgan fingerprint density at radius 2 is 1.73 bits per heavy atom. The highest BCUT2D eigenvalue weighted by Crippen LogP contribution is 2.40. The third kappa shape index (κ3) is 6.60. The maximum atomic E-state index is 15.2. The number of aliphatic hydroxyl groups is 1. The van der Waals surface area contributed by atoms with E-state index in [9.17, 15) is 19.5 Å². The van der Waals surface area contributed by atoms with Crippen LogP contribution in [0, 0.1) is 12.7 Å². The molecule has 3 heterocycles. The van der Waals surface area contributed by atoms with Gasteiger partial charge in [-0.1, -0.05) is 6.07 Å². The zero-order valence-electron chi connectivity index (χ0n) is 24.2. The quantitative estimate of drug-likeness (QED) is 0.491. The van der Waals surface area contributed by atoms with Gasteiger partial charge in [0.05, 0.1) is 31.8 Å². The Morgan fingerprint density at radius 1 is 1.07 bits per heavy atom. The maximum Gasteiger partial charge on any atom is 0.309 e. The van der Waals surface area contributed by atoms with Gasteiger partial charge in [0.2, 0.25) is 0 Å². The summed E-state index contributed by atoms with van der Waals surface area (Å²) in [5.74, 6) is -1.60. The number of carbonyl (C=O) groups excluding carboxylic acids is 1. The smallest absolute Gasteiger partial charge is 0.309 e. The summed E-state index contributed by atoms with van der Waals surface area (Å²) in [7, 11) is 1.51. The molecule has 2 aromatic carbocycles. The van der Waals surface area contributed by atoms with Gasteiger partial charge in [-0.05, 0) is 75.2 Å². The van der Waals surface area contributed by atoms with Crippen molar-refractivity contribution in [2.45, 2.75) is 52.6 Å². The Balaban J connectivity index is 0.000000714. The molecule has 1 aromatic heterocycles. The van der Waals surface area contributed by atoms with Crippen molar-refractivity contribution in [2.75, 3.05) is 32.9 Å². The number of nitrogens with zero attached hydrogens (tertiary/aromatic N) is 2. The number of carbonyl (C=O) groups is 2. The van der Waals surface area contributed by atoms with Crippen molar-refractivity contribution in [1.29, 1.82) is 0 Å². The lowest BCUT2D eigenvalue weighted by Gasteiger charge is -2.27. The summed E-state index contributed by atoms with van der Waals surface area (Å²) in [4.78, 5) is 39.9. The highest BCUT2D eigenvalue weighted by molar-refractivity contribution is 6.04. The molecule has 220 valence electrons. The van der Waals surface area contributed by atoms with Gasteiger partial charge in [-0.3, -0.25) is 14.4 Å². The second kappa shape index (κ2) is 12.0. The zero-order valence-corrected chi connectivity index (χ0v) is 24.2. The number of carboxylic acids is 1. The number of hydrogen-bond acceptors (Lipinski definition) is 6. The lowest BCUT2D eigenvalue weighted by molar-refractivity contribution is -0.136. The molecular formula is C31H37FN2O7. The van der Waals surface area contributed by atoms with E-state index in [0.717, 1.165) is 17.5 Å². The fraction of sp³-hybridized carbons (Fsp3) is 0.452. The molecule has 0 spiro atoms. The van der Waals surface area contributed by atoms with Gasteiger partial charge in [-0.15, -0.1) is 0 Å². The van der Waals surface area contributed by atoms with Gasteiger partial charge in [0, 0.05) is 47.9 Å². The van der Waals surface area contributed by atoms with Crippen LogP contribution in [0.25, 0.3) is 21.9 Å².